The summed E-state index contributed by atoms with van der Waals surface area (Å²) in [6.07, 6.45) is -3.11. The van der Waals surface area contributed by atoms with E-state index in [1.54, 1.807) is 20.0 Å². The number of anilines is 1. The molecule has 0 aliphatic rings. The second-order valence-electron chi connectivity index (χ2n) is 5.50. The van der Waals surface area contributed by atoms with Crippen molar-refractivity contribution in [1.29, 1.82) is 0 Å². The molecule has 130 valence electrons. The standard InChI is InChI=1S/C16H14F3N5O/c1-9-7-12(22-21-9)14-13(8-24(2)23-14)20-15(25)10-5-3-4-6-11(10)16(17,18)19/h3-8H,1-2H3,(H,20,25)(H,21,22). The maximum Gasteiger partial charge on any atom is 0.417 e. The number of benzene rings is 1. The molecule has 2 N–H and O–H groups in total. The lowest BCUT2D eigenvalue weighted by Gasteiger charge is -2.12. The van der Waals surface area contributed by atoms with Crippen molar-refractivity contribution in [1.82, 2.24) is 20.0 Å². The fourth-order valence-electron chi connectivity index (χ4n) is 2.43. The molecule has 0 radical (unpaired) electrons. The average Bonchev–Trinajstić information content (AvgIpc) is 3.12. The molecule has 0 unspecified atom stereocenters. The molecule has 9 heteroatoms. The van der Waals surface area contributed by atoms with E-state index in [2.05, 4.69) is 20.6 Å². The molecule has 2 aromatic heterocycles. The highest BCUT2D eigenvalue weighted by Gasteiger charge is 2.35. The first-order valence-corrected chi connectivity index (χ1v) is 7.29. The van der Waals surface area contributed by atoms with E-state index in [4.69, 9.17) is 0 Å². The van der Waals surface area contributed by atoms with E-state index in [9.17, 15) is 18.0 Å². The van der Waals surface area contributed by atoms with Gasteiger partial charge in [0.2, 0.25) is 0 Å². The topological polar surface area (TPSA) is 75.6 Å². The predicted molar refractivity (Wildman–Crippen MR) is 84.9 cm³/mol. The maximum absolute atomic E-state index is 13.1. The van der Waals surface area contributed by atoms with Crippen molar-refractivity contribution in [3.63, 3.8) is 0 Å². The molecule has 0 aliphatic carbocycles. The van der Waals surface area contributed by atoms with Gasteiger partial charge in [-0.2, -0.15) is 23.4 Å². The minimum atomic E-state index is -4.62. The Balaban J connectivity index is 1.96. The van der Waals surface area contributed by atoms with Crippen LogP contribution in [0.2, 0.25) is 0 Å². The molecule has 0 saturated carbocycles. The van der Waals surface area contributed by atoms with Gasteiger partial charge in [-0.25, -0.2) is 0 Å². The molecule has 6 nitrogen and oxygen atoms in total. The van der Waals surface area contributed by atoms with E-state index in [1.165, 1.54) is 23.0 Å². The van der Waals surface area contributed by atoms with Crippen molar-refractivity contribution in [3.05, 3.63) is 53.3 Å². The number of aromatic amines is 1. The maximum atomic E-state index is 13.1. The van der Waals surface area contributed by atoms with Gasteiger partial charge in [-0.15, -0.1) is 0 Å². The summed E-state index contributed by atoms with van der Waals surface area (Å²) in [6.45, 7) is 1.80. The van der Waals surface area contributed by atoms with Crippen LogP contribution in [0.25, 0.3) is 11.4 Å². The Labute approximate surface area is 140 Å². The van der Waals surface area contributed by atoms with Gasteiger partial charge in [0.15, 0.2) is 0 Å². The summed E-state index contributed by atoms with van der Waals surface area (Å²) in [5.41, 5.74) is 0.468. The summed E-state index contributed by atoms with van der Waals surface area (Å²) in [6, 6.07) is 6.34. The van der Waals surface area contributed by atoms with E-state index in [1.807, 2.05) is 0 Å². The number of halogens is 3. The molecular weight excluding hydrogens is 335 g/mol. The molecular formula is C16H14F3N5O. The SMILES string of the molecule is Cc1cc(-c2nn(C)cc2NC(=O)c2ccccc2C(F)(F)F)n[nH]1. The number of rotatable bonds is 3. The molecule has 1 amide bonds. The Kier molecular flexibility index (Phi) is 4.07. The number of hydrogen-bond donors (Lipinski definition) is 2. The highest BCUT2D eigenvalue weighted by atomic mass is 19.4. The van der Waals surface area contributed by atoms with Gasteiger partial charge in [0.25, 0.3) is 5.91 Å². The number of amides is 1. The fraction of sp³-hybridized carbons (Fsp3) is 0.188. The summed E-state index contributed by atoms with van der Waals surface area (Å²) in [5, 5.41) is 13.5. The van der Waals surface area contributed by atoms with E-state index < -0.39 is 23.2 Å². The average molecular weight is 349 g/mol. The Bertz CT molecular complexity index is 926. The first-order chi connectivity index (χ1) is 11.8. The van der Waals surface area contributed by atoms with Crippen LogP contribution in [0, 0.1) is 6.92 Å². The summed E-state index contributed by atoms with van der Waals surface area (Å²) in [5.74, 6) is -0.866. The zero-order valence-corrected chi connectivity index (χ0v) is 13.3. The van der Waals surface area contributed by atoms with Gasteiger partial charge < -0.3 is 5.32 Å². The van der Waals surface area contributed by atoms with Crippen molar-refractivity contribution < 1.29 is 18.0 Å². The quantitative estimate of drug-likeness (QED) is 0.761. The molecule has 3 rings (SSSR count). The highest BCUT2D eigenvalue weighted by Crippen LogP contribution is 2.33. The summed E-state index contributed by atoms with van der Waals surface area (Å²) >= 11 is 0. The molecule has 3 aromatic rings. The molecule has 0 atom stereocenters. The van der Waals surface area contributed by atoms with Crippen molar-refractivity contribution in [2.75, 3.05) is 5.32 Å². The van der Waals surface area contributed by atoms with Crippen LogP contribution in [0.5, 0.6) is 0 Å². The first-order valence-electron chi connectivity index (χ1n) is 7.29. The Morgan fingerprint density at radius 3 is 2.64 bits per heavy atom. The number of carbonyl (C=O) groups excluding carboxylic acids is 1. The van der Waals surface area contributed by atoms with Crippen molar-refractivity contribution in [2.45, 2.75) is 13.1 Å². The number of aryl methyl sites for hydroxylation is 2. The third-order valence-corrected chi connectivity index (χ3v) is 3.50. The van der Waals surface area contributed by atoms with E-state index in [0.717, 1.165) is 17.8 Å². The number of hydrogen-bond acceptors (Lipinski definition) is 3. The minimum absolute atomic E-state index is 0.274. The van der Waals surface area contributed by atoms with Crippen molar-refractivity contribution >= 4 is 11.6 Å². The third-order valence-electron chi connectivity index (χ3n) is 3.50. The second kappa shape index (κ2) is 6.08. The Morgan fingerprint density at radius 1 is 1.28 bits per heavy atom. The first kappa shape index (κ1) is 16.7. The largest absolute Gasteiger partial charge is 0.417 e. The van der Waals surface area contributed by atoms with Crippen LogP contribution in [-0.2, 0) is 13.2 Å². The number of H-pyrrole nitrogens is 1. The number of carbonyl (C=O) groups is 1. The molecule has 0 bridgehead atoms. The Morgan fingerprint density at radius 2 is 2.00 bits per heavy atom. The van der Waals surface area contributed by atoms with Gasteiger partial charge in [0.1, 0.15) is 11.4 Å². The summed E-state index contributed by atoms with van der Waals surface area (Å²) < 4.78 is 40.7. The van der Waals surface area contributed by atoms with E-state index in [-0.39, 0.29) is 5.69 Å². The molecule has 25 heavy (non-hydrogen) atoms. The van der Waals surface area contributed by atoms with Gasteiger partial charge >= 0.3 is 6.18 Å². The Hall–Kier alpha value is -3.10. The normalized spacial score (nSPS) is 11.6. The van der Waals surface area contributed by atoms with Gasteiger partial charge in [0.05, 0.1) is 16.8 Å². The number of nitrogens with one attached hydrogen (secondary N) is 2. The lowest BCUT2D eigenvalue weighted by atomic mass is 10.1. The highest BCUT2D eigenvalue weighted by molar-refractivity contribution is 6.06. The number of alkyl halides is 3. The van der Waals surface area contributed by atoms with Gasteiger partial charge in [-0.05, 0) is 25.1 Å². The number of aromatic nitrogens is 4. The summed E-state index contributed by atoms with van der Waals surface area (Å²) in [4.78, 5) is 12.4. The number of nitrogens with zero attached hydrogens (tertiary/aromatic N) is 3. The van der Waals surface area contributed by atoms with Crippen LogP contribution in [0.3, 0.4) is 0 Å². The monoisotopic (exact) mass is 349 g/mol. The van der Waals surface area contributed by atoms with Gasteiger partial charge in [-0.3, -0.25) is 14.6 Å². The molecule has 0 spiro atoms. The second-order valence-corrected chi connectivity index (χ2v) is 5.50. The third kappa shape index (κ3) is 3.39. The zero-order valence-electron chi connectivity index (χ0n) is 13.3. The van der Waals surface area contributed by atoms with E-state index in [0.29, 0.717) is 11.4 Å². The van der Waals surface area contributed by atoms with Crippen LogP contribution in [-0.4, -0.2) is 25.9 Å². The van der Waals surface area contributed by atoms with E-state index >= 15 is 0 Å². The van der Waals surface area contributed by atoms with Crippen LogP contribution in [0.15, 0.2) is 36.5 Å². The molecule has 1 aromatic carbocycles. The van der Waals surface area contributed by atoms with Crippen LogP contribution >= 0.6 is 0 Å². The minimum Gasteiger partial charge on any atom is -0.319 e. The lowest BCUT2D eigenvalue weighted by molar-refractivity contribution is -0.137. The van der Waals surface area contributed by atoms with Gasteiger partial charge in [0, 0.05) is 18.9 Å². The van der Waals surface area contributed by atoms with Gasteiger partial charge in [-0.1, -0.05) is 12.1 Å². The zero-order chi connectivity index (χ0) is 18.2. The fourth-order valence-corrected chi connectivity index (χ4v) is 2.43. The van der Waals surface area contributed by atoms with Crippen LogP contribution in [0.1, 0.15) is 21.6 Å². The van der Waals surface area contributed by atoms with Crippen LogP contribution in [0.4, 0.5) is 18.9 Å². The van der Waals surface area contributed by atoms with Crippen LogP contribution < -0.4 is 5.32 Å². The predicted octanol–water partition coefficient (Wildman–Crippen LogP) is 3.39. The van der Waals surface area contributed by atoms with Crippen molar-refractivity contribution in [2.24, 2.45) is 7.05 Å². The molecule has 0 aliphatic heterocycles. The smallest absolute Gasteiger partial charge is 0.319 e. The molecule has 0 saturated heterocycles. The van der Waals surface area contributed by atoms with Crippen molar-refractivity contribution in [3.8, 4) is 11.4 Å². The summed E-state index contributed by atoms with van der Waals surface area (Å²) in [7, 11) is 1.64. The molecule has 2 heterocycles. The lowest BCUT2D eigenvalue weighted by Crippen LogP contribution is -2.18. The molecule has 0 fully saturated rings.